The van der Waals surface area contributed by atoms with Crippen molar-refractivity contribution < 1.29 is 14.3 Å². The SMILES string of the molecule is COC(=O)CNC(=O)C(C)(C)C#N. The first kappa shape index (κ1) is 11.4. The summed E-state index contributed by atoms with van der Waals surface area (Å²) in [6.45, 7) is 2.74. The van der Waals surface area contributed by atoms with Crippen molar-refractivity contribution in [1.82, 2.24) is 5.32 Å². The predicted molar refractivity (Wildman–Crippen MR) is 44.4 cm³/mol. The van der Waals surface area contributed by atoms with Crippen LogP contribution >= 0.6 is 0 Å². The molecule has 0 fully saturated rings. The topological polar surface area (TPSA) is 79.2 Å². The Kier molecular flexibility index (Phi) is 3.92. The van der Waals surface area contributed by atoms with Crippen molar-refractivity contribution in [3.05, 3.63) is 0 Å². The second-order valence-corrected chi connectivity index (χ2v) is 3.00. The molecule has 0 aliphatic carbocycles. The van der Waals surface area contributed by atoms with Crippen molar-refractivity contribution >= 4 is 11.9 Å². The lowest BCUT2D eigenvalue weighted by Gasteiger charge is -2.13. The molecule has 0 aromatic heterocycles. The Hall–Kier alpha value is -1.57. The van der Waals surface area contributed by atoms with E-state index in [0.29, 0.717) is 0 Å². The van der Waals surface area contributed by atoms with E-state index in [4.69, 9.17) is 5.26 Å². The molecule has 1 N–H and O–H groups in total. The number of ether oxygens (including phenoxy) is 1. The number of nitriles is 1. The smallest absolute Gasteiger partial charge is 0.325 e. The summed E-state index contributed by atoms with van der Waals surface area (Å²) in [6, 6.07) is 1.82. The van der Waals surface area contributed by atoms with E-state index >= 15 is 0 Å². The largest absolute Gasteiger partial charge is 0.468 e. The molecule has 72 valence electrons. The van der Waals surface area contributed by atoms with Gasteiger partial charge in [0.2, 0.25) is 5.91 Å². The van der Waals surface area contributed by atoms with Crippen LogP contribution in [0.25, 0.3) is 0 Å². The molecule has 1 amide bonds. The molecule has 13 heavy (non-hydrogen) atoms. The summed E-state index contributed by atoms with van der Waals surface area (Å²) in [5.41, 5.74) is -1.12. The number of carbonyl (C=O) groups excluding carboxylic acids is 2. The van der Waals surface area contributed by atoms with Crippen molar-refractivity contribution in [2.24, 2.45) is 5.41 Å². The minimum absolute atomic E-state index is 0.208. The fourth-order valence-corrected chi connectivity index (χ4v) is 0.496. The molecule has 0 atom stereocenters. The van der Waals surface area contributed by atoms with Crippen LogP contribution in [0.15, 0.2) is 0 Å². The first-order chi connectivity index (χ1) is 5.94. The van der Waals surface area contributed by atoms with Gasteiger partial charge in [-0.05, 0) is 13.8 Å². The van der Waals surface area contributed by atoms with Gasteiger partial charge in [0.25, 0.3) is 0 Å². The lowest BCUT2D eigenvalue weighted by Crippen LogP contribution is -2.39. The van der Waals surface area contributed by atoms with Crippen LogP contribution in [0, 0.1) is 16.7 Å². The van der Waals surface area contributed by atoms with E-state index in [-0.39, 0.29) is 6.54 Å². The van der Waals surface area contributed by atoms with Crippen molar-refractivity contribution in [3.8, 4) is 6.07 Å². The van der Waals surface area contributed by atoms with Crippen molar-refractivity contribution in [3.63, 3.8) is 0 Å². The van der Waals surface area contributed by atoms with E-state index in [1.807, 2.05) is 6.07 Å². The summed E-state index contributed by atoms with van der Waals surface area (Å²) in [7, 11) is 1.23. The Bertz CT molecular complexity index is 253. The van der Waals surface area contributed by atoms with Gasteiger partial charge in [0.15, 0.2) is 0 Å². The first-order valence-corrected chi connectivity index (χ1v) is 3.70. The highest BCUT2D eigenvalue weighted by Crippen LogP contribution is 2.12. The molecule has 0 unspecified atom stereocenters. The van der Waals surface area contributed by atoms with Crippen LogP contribution in [0.1, 0.15) is 13.8 Å². The first-order valence-electron chi connectivity index (χ1n) is 3.70. The molecule has 0 aliphatic rings. The highest BCUT2D eigenvalue weighted by atomic mass is 16.5. The van der Waals surface area contributed by atoms with E-state index in [1.54, 1.807) is 0 Å². The van der Waals surface area contributed by atoms with E-state index in [1.165, 1.54) is 21.0 Å². The number of amides is 1. The normalized spacial score (nSPS) is 10.0. The molecule has 0 spiro atoms. The Balaban J connectivity index is 4.04. The lowest BCUT2D eigenvalue weighted by atomic mass is 9.95. The van der Waals surface area contributed by atoms with Gasteiger partial charge in [0.1, 0.15) is 12.0 Å². The molecule has 0 saturated carbocycles. The highest BCUT2D eigenvalue weighted by molar-refractivity contribution is 5.87. The average molecular weight is 184 g/mol. The zero-order valence-corrected chi connectivity index (χ0v) is 7.88. The minimum atomic E-state index is -1.12. The number of hydrogen-bond donors (Lipinski definition) is 1. The molecule has 0 aromatic rings. The summed E-state index contributed by atoms with van der Waals surface area (Å²) in [5.74, 6) is -1.03. The number of rotatable bonds is 3. The zero-order valence-electron chi connectivity index (χ0n) is 7.88. The second-order valence-electron chi connectivity index (χ2n) is 3.00. The molecule has 0 saturated heterocycles. The van der Waals surface area contributed by atoms with Gasteiger partial charge >= 0.3 is 5.97 Å². The standard InChI is InChI=1S/C8H12N2O3/c1-8(2,5-9)7(12)10-4-6(11)13-3/h4H2,1-3H3,(H,10,12). The number of methoxy groups -OCH3 is 1. The molecule has 0 aliphatic heterocycles. The maximum Gasteiger partial charge on any atom is 0.325 e. The average Bonchev–Trinajstić information content (AvgIpc) is 2.13. The molecule has 0 rings (SSSR count). The van der Waals surface area contributed by atoms with Gasteiger partial charge in [-0.2, -0.15) is 5.26 Å². The van der Waals surface area contributed by atoms with Gasteiger partial charge < -0.3 is 10.1 Å². The van der Waals surface area contributed by atoms with Gasteiger partial charge in [0.05, 0.1) is 13.2 Å². The van der Waals surface area contributed by atoms with Gasteiger partial charge in [-0.15, -0.1) is 0 Å². The van der Waals surface area contributed by atoms with Crippen LogP contribution < -0.4 is 5.32 Å². The predicted octanol–water partition coefficient (Wildman–Crippen LogP) is -0.175. The Morgan fingerprint density at radius 3 is 2.46 bits per heavy atom. The van der Waals surface area contributed by atoms with Crippen LogP contribution in [0.3, 0.4) is 0 Å². The second kappa shape index (κ2) is 4.45. The third kappa shape index (κ3) is 3.56. The summed E-state index contributed by atoms with van der Waals surface area (Å²) in [6.07, 6.45) is 0. The van der Waals surface area contributed by atoms with Gasteiger partial charge in [-0.3, -0.25) is 9.59 Å². The minimum Gasteiger partial charge on any atom is -0.468 e. The highest BCUT2D eigenvalue weighted by Gasteiger charge is 2.27. The molecular weight excluding hydrogens is 172 g/mol. The summed E-state index contributed by atoms with van der Waals surface area (Å²) in [5, 5.41) is 10.8. The van der Waals surface area contributed by atoms with E-state index in [9.17, 15) is 9.59 Å². The number of nitrogens with one attached hydrogen (secondary N) is 1. The Labute approximate surface area is 76.7 Å². The number of esters is 1. The number of carbonyl (C=O) groups is 2. The van der Waals surface area contributed by atoms with Crippen LogP contribution in [-0.4, -0.2) is 25.5 Å². The molecule has 5 heteroatoms. The number of nitrogens with zero attached hydrogens (tertiary/aromatic N) is 1. The van der Waals surface area contributed by atoms with Gasteiger partial charge in [-0.25, -0.2) is 0 Å². The summed E-state index contributed by atoms with van der Waals surface area (Å²) < 4.78 is 4.31. The lowest BCUT2D eigenvalue weighted by molar-refractivity contribution is -0.141. The molecular formula is C8H12N2O3. The number of hydrogen-bond acceptors (Lipinski definition) is 4. The fourth-order valence-electron chi connectivity index (χ4n) is 0.496. The van der Waals surface area contributed by atoms with Gasteiger partial charge in [0, 0.05) is 0 Å². The maximum atomic E-state index is 11.2. The monoisotopic (exact) mass is 184 g/mol. The third-order valence-corrected chi connectivity index (χ3v) is 1.47. The summed E-state index contributed by atoms with van der Waals surface area (Å²) in [4.78, 5) is 21.8. The summed E-state index contributed by atoms with van der Waals surface area (Å²) >= 11 is 0. The van der Waals surface area contributed by atoms with Crippen molar-refractivity contribution in [2.75, 3.05) is 13.7 Å². The van der Waals surface area contributed by atoms with Crippen LogP contribution in [0.4, 0.5) is 0 Å². The third-order valence-electron chi connectivity index (χ3n) is 1.47. The van der Waals surface area contributed by atoms with Crippen LogP contribution in [0.5, 0.6) is 0 Å². The molecule has 0 heterocycles. The molecule has 0 bridgehead atoms. The zero-order chi connectivity index (χ0) is 10.5. The van der Waals surface area contributed by atoms with Crippen molar-refractivity contribution in [1.29, 1.82) is 5.26 Å². The van der Waals surface area contributed by atoms with E-state index in [2.05, 4.69) is 10.1 Å². The van der Waals surface area contributed by atoms with Crippen LogP contribution in [0.2, 0.25) is 0 Å². The van der Waals surface area contributed by atoms with E-state index < -0.39 is 17.3 Å². The van der Waals surface area contributed by atoms with Crippen LogP contribution in [-0.2, 0) is 14.3 Å². The Morgan fingerprint density at radius 1 is 1.54 bits per heavy atom. The molecule has 0 radical (unpaired) electrons. The fraction of sp³-hybridized carbons (Fsp3) is 0.625. The van der Waals surface area contributed by atoms with Crippen molar-refractivity contribution in [2.45, 2.75) is 13.8 Å². The Morgan fingerprint density at radius 2 is 2.08 bits per heavy atom. The maximum absolute atomic E-state index is 11.2. The molecule has 5 nitrogen and oxygen atoms in total. The van der Waals surface area contributed by atoms with Gasteiger partial charge in [-0.1, -0.05) is 0 Å². The van der Waals surface area contributed by atoms with E-state index in [0.717, 1.165) is 0 Å². The molecule has 0 aromatic carbocycles. The quantitative estimate of drug-likeness (QED) is 0.617.